The van der Waals surface area contributed by atoms with Crippen LogP contribution in [0.2, 0.25) is 0 Å². The number of amides is 1. The van der Waals surface area contributed by atoms with Gasteiger partial charge < -0.3 is 10.4 Å². The molecule has 1 aromatic carbocycles. The Morgan fingerprint density at radius 1 is 1.35 bits per heavy atom. The maximum Gasteiger partial charge on any atom is 0.252 e. The van der Waals surface area contributed by atoms with E-state index in [-0.39, 0.29) is 11.5 Å². The first-order chi connectivity index (χ1) is 11.0. The van der Waals surface area contributed by atoms with Crippen LogP contribution in [0.15, 0.2) is 24.4 Å². The molecule has 5 nitrogen and oxygen atoms in total. The van der Waals surface area contributed by atoms with Gasteiger partial charge in [-0.25, -0.2) is 18.7 Å². The summed E-state index contributed by atoms with van der Waals surface area (Å²) >= 11 is 0. The van der Waals surface area contributed by atoms with E-state index in [4.69, 9.17) is 5.11 Å². The molecule has 0 spiro atoms. The van der Waals surface area contributed by atoms with Gasteiger partial charge in [-0.15, -0.1) is 0 Å². The highest BCUT2D eigenvalue weighted by atomic mass is 19.1. The molecule has 1 amide bonds. The number of hydrogen-bond acceptors (Lipinski definition) is 4. The zero-order valence-electron chi connectivity index (χ0n) is 12.4. The number of aromatic nitrogens is 2. The lowest BCUT2D eigenvalue weighted by molar-refractivity contribution is 0.0928. The number of carbonyl (C=O) groups excluding carboxylic acids is 1. The van der Waals surface area contributed by atoms with E-state index >= 15 is 0 Å². The van der Waals surface area contributed by atoms with Gasteiger partial charge in [0, 0.05) is 17.5 Å². The first-order valence-corrected chi connectivity index (χ1v) is 7.24. The van der Waals surface area contributed by atoms with E-state index in [1.54, 1.807) is 12.3 Å². The summed E-state index contributed by atoms with van der Waals surface area (Å²) in [5.74, 6) is -3.38. The molecule has 1 heterocycles. The maximum absolute atomic E-state index is 13.4. The van der Waals surface area contributed by atoms with Crippen LogP contribution in [0.4, 0.5) is 8.78 Å². The molecule has 2 N–H and O–H groups in total. The smallest absolute Gasteiger partial charge is 0.252 e. The summed E-state index contributed by atoms with van der Waals surface area (Å²) in [6.07, 6.45) is 3.47. The molecule has 1 fully saturated rings. The molecule has 7 heteroatoms. The van der Waals surface area contributed by atoms with E-state index in [1.807, 2.05) is 6.92 Å². The highest BCUT2D eigenvalue weighted by molar-refractivity contribution is 5.94. The minimum atomic E-state index is -1.18. The van der Waals surface area contributed by atoms with Gasteiger partial charge in [-0.05, 0) is 43.9 Å². The quantitative estimate of drug-likeness (QED) is 0.908. The molecule has 0 radical (unpaired) electrons. The van der Waals surface area contributed by atoms with Gasteiger partial charge in [0.1, 0.15) is 0 Å². The topological polar surface area (TPSA) is 75.1 Å². The Hall–Kier alpha value is -2.57. The van der Waals surface area contributed by atoms with Crippen molar-refractivity contribution in [2.24, 2.45) is 5.92 Å². The Morgan fingerprint density at radius 2 is 2.00 bits per heavy atom. The second-order valence-corrected chi connectivity index (χ2v) is 5.63. The molecule has 2 aromatic rings. The number of nitrogens with one attached hydrogen (secondary N) is 1. The lowest BCUT2D eigenvalue weighted by atomic mass is 10.1. The maximum atomic E-state index is 13.4. The van der Waals surface area contributed by atoms with Crippen molar-refractivity contribution in [2.75, 3.05) is 0 Å². The van der Waals surface area contributed by atoms with Crippen LogP contribution >= 0.6 is 0 Å². The minimum absolute atomic E-state index is 0.198. The summed E-state index contributed by atoms with van der Waals surface area (Å²) < 4.78 is 26.8. The number of rotatable bonds is 4. The number of phenols is 1. The summed E-state index contributed by atoms with van der Waals surface area (Å²) in [6, 6.07) is 2.95. The summed E-state index contributed by atoms with van der Waals surface area (Å²) in [5, 5.41) is 11.8. The van der Waals surface area contributed by atoms with E-state index < -0.39 is 29.3 Å². The molecule has 1 aliphatic rings. The number of aromatic hydroxyl groups is 1. The van der Waals surface area contributed by atoms with Gasteiger partial charge >= 0.3 is 0 Å². The molecule has 0 aliphatic heterocycles. The fourth-order valence-corrected chi connectivity index (χ4v) is 2.36. The van der Waals surface area contributed by atoms with Crippen LogP contribution < -0.4 is 5.32 Å². The van der Waals surface area contributed by atoms with E-state index in [9.17, 15) is 13.6 Å². The standard InChI is InChI=1S/C16H15F2N3O2/c1-8-4-5-19-15(20-8)13(9-2-3-9)21-16(23)10-6-11(17)14(22)12(18)7-10/h4-7,9,13,22H,2-3H2,1H3,(H,21,23)/t13-/m0/s1. The highest BCUT2D eigenvalue weighted by Gasteiger charge is 2.35. The van der Waals surface area contributed by atoms with Crippen molar-refractivity contribution < 1.29 is 18.7 Å². The summed E-state index contributed by atoms with van der Waals surface area (Å²) in [4.78, 5) is 20.8. The average molecular weight is 319 g/mol. The Balaban J connectivity index is 1.85. The zero-order valence-corrected chi connectivity index (χ0v) is 12.4. The van der Waals surface area contributed by atoms with Gasteiger partial charge in [-0.2, -0.15) is 0 Å². The molecule has 1 saturated carbocycles. The number of hydrogen-bond donors (Lipinski definition) is 2. The lowest BCUT2D eigenvalue weighted by Crippen LogP contribution is -2.31. The molecule has 1 atom stereocenters. The summed E-state index contributed by atoms with van der Waals surface area (Å²) in [5.41, 5.74) is 0.577. The number of nitrogens with zero attached hydrogens (tertiary/aromatic N) is 2. The number of aryl methyl sites for hydroxylation is 1. The van der Waals surface area contributed by atoms with E-state index in [0.717, 1.165) is 30.7 Å². The largest absolute Gasteiger partial charge is 0.503 e. The van der Waals surface area contributed by atoms with Crippen LogP contribution in [0, 0.1) is 24.5 Å². The second-order valence-electron chi connectivity index (χ2n) is 5.63. The average Bonchev–Trinajstić information content (AvgIpc) is 3.34. The van der Waals surface area contributed by atoms with Crippen molar-refractivity contribution in [3.63, 3.8) is 0 Å². The van der Waals surface area contributed by atoms with Crippen LogP contribution in [0.1, 0.15) is 40.8 Å². The molecule has 0 unspecified atom stereocenters. The monoisotopic (exact) mass is 319 g/mol. The third-order valence-electron chi connectivity index (χ3n) is 3.75. The zero-order chi connectivity index (χ0) is 16.6. The predicted octanol–water partition coefficient (Wildman–Crippen LogP) is 2.65. The highest BCUT2D eigenvalue weighted by Crippen LogP contribution is 2.40. The first kappa shape index (κ1) is 15.3. The molecular formula is C16H15F2N3O2. The van der Waals surface area contributed by atoms with E-state index in [0.29, 0.717) is 5.82 Å². The van der Waals surface area contributed by atoms with Crippen molar-refractivity contribution in [1.29, 1.82) is 0 Å². The predicted molar refractivity (Wildman–Crippen MR) is 77.7 cm³/mol. The SMILES string of the molecule is Cc1ccnc([C@@H](NC(=O)c2cc(F)c(O)c(F)c2)C2CC2)n1. The Kier molecular flexibility index (Phi) is 3.94. The van der Waals surface area contributed by atoms with Crippen LogP contribution in [0.5, 0.6) is 5.75 Å². The number of benzene rings is 1. The number of carbonyl (C=O) groups is 1. The number of halogens is 2. The number of phenolic OH excluding ortho intramolecular Hbond substituents is 1. The minimum Gasteiger partial charge on any atom is -0.503 e. The Bertz CT molecular complexity index is 740. The lowest BCUT2D eigenvalue weighted by Gasteiger charge is -2.17. The molecule has 23 heavy (non-hydrogen) atoms. The van der Waals surface area contributed by atoms with Gasteiger partial charge in [-0.1, -0.05) is 0 Å². The Labute approximate surface area is 131 Å². The second kappa shape index (κ2) is 5.91. The fraction of sp³-hybridized carbons (Fsp3) is 0.312. The van der Waals surface area contributed by atoms with Crippen LogP contribution in [0.25, 0.3) is 0 Å². The fourth-order valence-electron chi connectivity index (χ4n) is 2.36. The van der Waals surface area contributed by atoms with Crippen molar-refractivity contribution in [2.45, 2.75) is 25.8 Å². The molecule has 1 aromatic heterocycles. The van der Waals surface area contributed by atoms with Crippen LogP contribution in [0.3, 0.4) is 0 Å². The molecule has 1 aliphatic carbocycles. The van der Waals surface area contributed by atoms with Crippen molar-refractivity contribution >= 4 is 5.91 Å². The third-order valence-corrected chi connectivity index (χ3v) is 3.75. The molecule has 0 bridgehead atoms. The van der Waals surface area contributed by atoms with Gasteiger partial charge in [0.2, 0.25) is 0 Å². The van der Waals surface area contributed by atoms with Crippen LogP contribution in [-0.4, -0.2) is 21.0 Å². The van der Waals surface area contributed by atoms with Gasteiger partial charge in [0.15, 0.2) is 23.2 Å². The van der Waals surface area contributed by atoms with Gasteiger partial charge in [-0.3, -0.25) is 4.79 Å². The molecule has 3 rings (SSSR count). The van der Waals surface area contributed by atoms with E-state index in [1.165, 1.54) is 0 Å². The first-order valence-electron chi connectivity index (χ1n) is 7.24. The normalized spacial score (nSPS) is 15.3. The van der Waals surface area contributed by atoms with E-state index in [2.05, 4.69) is 15.3 Å². The Morgan fingerprint density at radius 3 is 2.57 bits per heavy atom. The third kappa shape index (κ3) is 3.28. The van der Waals surface area contributed by atoms with Crippen LogP contribution in [-0.2, 0) is 0 Å². The van der Waals surface area contributed by atoms with Gasteiger partial charge in [0.05, 0.1) is 6.04 Å². The summed E-state index contributed by atoms with van der Waals surface area (Å²) in [6.45, 7) is 1.82. The molecule has 120 valence electrons. The van der Waals surface area contributed by atoms with Crippen molar-refractivity contribution in [1.82, 2.24) is 15.3 Å². The molecular weight excluding hydrogens is 304 g/mol. The van der Waals surface area contributed by atoms with Gasteiger partial charge in [0.25, 0.3) is 5.91 Å². The van der Waals surface area contributed by atoms with Crippen molar-refractivity contribution in [3.05, 3.63) is 53.1 Å². The summed E-state index contributed by atoms with van der Waals surface area (Å²) in [7, 11) is 0. The molecule has 0 saturated heterocycles. The van der Waals surface area contributed by atoms with Crippen molar-refractivity contribution in [3.8, 4) is 5.75 Å².